The lowest BCUT2D eigenvalue weighted by Crippen LogP contribution is -2.34. The first-order chi connectivity index (χ1) is 11.5. The monoisotopic (exact) mass is 345 g/mol. The van der Waals surface area contributed by atoms with E-state index in [0.29, 0.717) is 30.7 Å². The van der Waals surface area contributed by atoms with Crippen LogP contribution in [0.4, 0.5) is 4.39 Å². The highest BCUT2D eigenvalue weighted by Gasteiger charge is 2.40. The molecule has 1 unspecified atom stereocenters. The first-order valence-corrected chi connectivity index (χ1v) is 8.67. The van der Waals surface area contributed by atoms with Gasteiger partial charge in [-0.25, -0.2) is 4.39 Å². The fourth-order valence-electron chi connectivity index (χ4n) is 3.80. The normalized spacial score (nSPS) is 25.2. The second-order valence-electron chi connectivity index (χ2n) is 6.60. The molecule has 2 nitrogen and oxygen atoms in total. The number of amides is 1. The lowest BCUT2D eigenvalue weighted by Gasteiger charge is -2.37. The highest BCUT2D eigenvalue weighted by molar-refractivity contribution is 6.30. The number of halogens is 2. The summed E-state index contributed by atoms with van der Waals surface area (Å²) in [4.78, 5) is 12.0. The van der Waals surface area contributed by atoms with Gasteiger partial charge in [0.25, 0.3) is 0 Å². The third-order valence-corrected chi connectivity index (χ3v) is 5.37. The Bertz CT molecular complexity index is 693. The van der Waals surface area contributed by atoms with Crippen molar-refractivity contribution in [2.45, 2.75) is 37.3 Å². The molecular weight excluding hydrogens is 325 g/mol. The number of hydrogen-bond acceptors (Lipinski definition) is 1. The van der Waals surface area contributed by atoms with Gasteiger partial charge in [-0.15, -0.1) is 0 Å². The zero-order valence-corrected chi connectivity index (χ0v) is 14.2. The second-order valence-corrected chi connectivity index (χ2v) is 7.04. The Balaban J connectivity index is 1.76. The van der Waals surface area contributed by atoms with Gasteiger partial charge in [0.05, 0.1) is 5.92 Å². The standard InChI is InChI=1S/C20H21ClFNO/c21-17-8-6-14(7-9-17)18(19(23)24)15-10-12-20(22,13-11-15)16-4-2-1-3-5-16/h1-9,15,18H,10-13H2,(H2,23,24). The minimum absolute atomic E-state index is 0.0660. The summed E-state index contributed by atoms with van der Waals surface area (Å²) in [6.07, 6.45) is 2.11. The fourth-order valence-corrected chi connectivity index (χ4v) is 3.92. The van der Waals surface area contributed by atoms with E-state index >= 15 is 4.39 Å². The maximum atomic E-state index is 15.3. The molecule has 1 saturated carbocycles. The van der Waals surface area contributed by atoms with Crippen molar-refractivity contribution in [3.63, 3.8) is 0 Å². The SMILES string of the molecule is NC(=O)C(c1ccc(Cl)cc1)C1CCC(F)(c2ccccc2)CC1. The number of hydrogen-bond donors (Lipinski definition) is 1. The molecule has 1 atom stereocenters. The molecule has 2 N–H and O–H groups in total. The highest BCUT2D eigenvalue weighted by Crippen LogP contribution is 2.46. The number of benzene rings is 2. The van der Waals surface area contributed by atoms with Gasteiger partial charge in [0.1, 0.15) is 5.67 Å². The van der Waals surface area contributed by atoms with Crippen LogP contribution in [0.25, 0.3) is 0 Å². The number of primary amides is 1. The molecule has 0 aliphatic heterocycles. The minimum Gasteiger partial charge on any atom is -0.369 e. The van der Waals surface area contributed by atoms with Crippen LogP contribution in [0, 0.1) is 5.92 Å². The molecule has 1 fully saturated rings. The molecule has 0 aromatic heterocycles. The second kappa shape index (κ2) is 6.94. The van der Waals surface area contributed by atoms with Gasteiger partial charge in [-0.2, -0.15) is 0 Å². The van der Waals surface area contributed by atoms with Crippen LogP contribution in [-0.4, -0.2) is 5.91 Å². The van der Waals surface area contributed by atoms with Crippen LogP contribution in [0.2, 0.25) is 5.02 Å². The Morgan fingerprint density at radius 2 is 1.67 bits per heavy atom. The summed E-state index contributed by atoms with van der Waals surface area (Å²) in [5.74, 6) is -0.674. The van der Waals surface area contributed by atoms with Gasteiger partial charge in [0, 0.05) is 5.02 Å². The molecule has 1 amide bonds. The van der Waals surface area contributed by atoms with E-state index in [-0.39, 0.29) is 17.7 Å². The molecule has 1 aliphatic carbocycles. The van der Waals surface area contributed by atoms with E-state index in [4.69, 9.17) is 17.3 Å². The predicted molar refractivity (Wildman–Crippen MR) is 94.6 cm³/mol. The molecular formula is C20H21ClFNO. The molecule has 2 aromatic carbocycles. The van der Waals surface area contributed by atoms with Crippen molar-refractivity contribution in [3.8, 4) is 0 Å². The van der Waals surface area contributed by atoms with E-state index in [1.807, 2.05) is 42.5 Å². The maximum Gasteiger partial charge on any atom is 0.225 e. The lowest BCUT2D eigenvalue weighted by molar-refractivity contribution is -0.121. The van der Waals surface area contributed by atoms with Gasteiger partial charge in [0.2, 0.25) is 5.91 Å². The number of carbonyl (C=O) groups is 1. The van der Waals surface area contributed by atoms with Crippen molar-refractivity contribution in [1.29, 1.82) is 0 Å². The van der Waals surface area contributed by atoms with Crippen molar-refractivity contribution >= 4 is 17.5 Å². The Hall–Kier alpha value is -1.87. The van der Waals surface area contributed by atoms with Gasteiger partial charge in [0.15, 0.2) is 0 Å². The average molecular weight is 346 g/mol. The smallest absolute Gasteiger partial charge is 0.225 e. The summed E-state index contributed by atoms with van der Waals surface area (Å²) in [5, 5.41) is 0.623. The molecule has 0 bridgehead atoms. The molecule has 3 rings (SSSR count). The predicted octanol–water partition coefficient (Wildman–Crippen LogP) is 4.96. The van der Waals surface area contributed by atoms with Crippen LogP contribution >= 0.6 is 11.6 Å². The van der Waals surface area contributed by atoms with E-state index < -0.39 is 5.67 Å². The van der Waals surface area contributed by atoms with Gasteiger partial charge >= 0.3 is 0 Å². The van der Waals surface area contributed by atoms with E-state index in [1.54, 1.807) is 12.1 Å². The molecule has 0 radical (unpaired) electrons. The first kappa shape index (κ1) is 17.0. The quantitative estimate of drug-likeness (QED) is 0.835. The van der Waals surface area contributed by atoms with Crippen LogP contribution in [0.5, 0.6) is 0 Å². The highest BCUT2D eigenvalue weighted by atomic mass is 35.5. The van der Waals surface area contributed by atoms with Gasteiger partial charge in [-0.3, -0.25) is 4.79 Å². The zero-order valence-electron chi connectivity index (χ0n) is 13.4. The van der Waals surface area contributed by atoms with Gasteiger partial charge < -0.3 is 5.73 Å². The summed E-state index contributed by atoms with van der Waals surface area (Å²) in [6, 6.07) is 16.5. The van der Waals surface area contributed by atoms with Crippen molar-refractivity contribution < 1.29 is 9.18 Å². The van der Waals surface area contributed by atoms with Crippen molar-refractivity contribution in [1.82, 2.24) is 0 Å². The van der Waals surface area contributed by atoms with Crippen molar-refractivity contribution in [2.24, 2.45) is 11.7 Å². The number of nitrogens with two attached hydrogens (primary N) is 1. The maximum absolute atomic E-state index is 15.3. The Morgan fingerprint density at radius 3 is 2.21 bits per heavy atom. The van der Waals surface area contributed by atoms with Gasteiger partial charge in [-0.05, 0) is 54.9 Å². The summed E-state index contributed by atoms with van der Waals surface area (Å²) < 4.78 is 15.3. The average Bonchev–Trinajstić information content (AvgIpc) is 2.59. The number of carbonyl (C=O) groups excluding carboxylic acids is 1. The Labute approximate surface area is 146 Å². The third kappa shape index (κ3) is 3.46. The molecule has 0 heterocycles. The Morgan fingerprint density at radius 1 is 1.08 bits per heavy atom. The lowest BCUT2D eigenvalue weighted by atomic mass is 9.70. The molecule has 0 spiro atoms. The fraction of sp³-hybridized carbons (Fsp3) is 0.350. The van der Waals surface area contributed by atoms with Crippen molar-refractivity contribution in [2.75, 3.05) is 0 Å². The summed E-state index contributed by atoms with van der Waals surface area (Å²) in [5.41, 5.74) is 5.94. The summed E-state index contributed by atoms with van der Waals surface area (Å²) in [7, 11) is 0. The summed E-state index contributed by atoms with van der Waals surface area (Å²) >= 11 is 5.92. The topological polar surface area (TPSA) is 43.1 Å². The van der Waals surface area contributed by atoms with E-state index in [0.717, 1.165) is 11.1 Å². The van der Waals surface area contributed by atoms with Crippen LogP contribution in [0.15, 0.2) is 54.6 Å². The molecule has 126 valence electrons. The van der Waals surface area contributed by atoms with Crippen LogP contribution in [0.1, 0.15) is 42.7 Å². The largest absolute Gasteiger partial charge is 0.369 e. The molecule has 0 saturated heterocycles. The van der Waals surface area contributed by atoms with Crippen LogP contribution < -0.4 is 5.73 Å². The number of alkyl halides is 1. The molecule has 4 heteroatoms. The first-order valence-electron chi connectivity index (χ1n) is 8.29. The van der Waals surface area contributed by atoms with E-state index in [1.165, 1.54) is 0 Å². The van der Waals surface area contributed by atoms with Crippen LogP contribution in [0.3, 0.4) is 0 Å². The van der Waals surface area contributed by atoms with E-state index in [2.05, 4.69) is 0 Å². The molecule has 24 heavy (non-hydrogen) atoms. The van der Waals surface area contributed by atoms with Crippen LogP contribution in [-0.2, 0) is 10.5 Å². The zero-order chi connectivity index (χ0) is 17.2. The van der Waals surface area contributed by atoms with Crippen molar-refractivity contribution in [3.05, 3.63) is 70.7 Å². The molecule has 2 aromatic rings. The third-order valence-electron chi connectivity index (χ3n) is 5.12. The van der Waals surface area contributed by atoms with E-state index in [9.17, 15) is 4.79 Å². The Kier molecular flexibility index (Phi) is 4.91. The number of rotatable bonds is 4. The minimum atomic E-state index is -1.31. The molecule has 1 aliphatic rings. The summed E-state index contributed by atoms with van der Waals surface area (Å²) in [6.45, 7) is 0. The van der Waals surface area contributed by atoms with Gasteiger partial charge in [-0.1, -0.05) is 54.1 Å².